The van der Waals surface area contributed by atoms with Gasteiger partial charge in [-0.2, -0.15) is 11.8 Å². The summed E-state index contributed by atoms with van der Waals surface area (Å²) in [4.78, 5) is 102. The summed E-state index contributed by atoms with van der Waals surface area (Å²) in [5, 5.41) is 16.7. The van der Waals surface area contributed by atoms with Crippen LogP contribution in [0.2, 0.25) is 0 Å². The van der Waals surface area contributed by atoms with Crippen molar-refractivity contribution in [1.82, 2.24) is 52.3 Å². The fourth-order valence-corrected chi connectivity index (χ4v) is 6.53. The van der Waals surface area contributed by atoms with Crippen LogP contribution in [-0.4, -0.2) is 111 Å². The summed E-state index contributed by atoms with van der Waals surface area (Å²) in [7, 11) is 0. The second-order valence-electron chi connectivity index (χ2n) is 14.8. The number of imidazole rings is 1. The number of para-hydroxylation sites is 1. The van der Waals surface area contributed by atoms with Crippen molar-refractivity contribution in [2.75, 3.05) is 18.6 Å². The van der Waals surface area contributed by atoms with E-state index in [-0.39, 0.29) is 25.2 Å². The minimum atomic E-state index is -1.20. The number of H-pyrrole nitrogens is 2. The van der Waals surface area contributed by atoms with Crippen LogP contribution in [0.5, 0.6) is 0 Å². The molecule has 7 amide bonds. The molecule has 2 aromatic heterocycles. The number of hydrazine groups is 1. The highest BCUT2D eigenvalue weighted by Crippen LogP contribution is 2.19. The first-order valence-electron chi connectivity index (χ1n) is 19.1. The van der Waals surface area contributed by atoms with Gasteiger partial charge < -0.3 is 47.6 Å². The summed E-state index contributed by atoms with van der Waals surface area (Å²) < 4.78 is 0. The van der Waals surface area contributed by atoms with Crippen molar-refractivity contribution in [1.29, 1.82) is 0 Å². The topological polar surface area (TPSA) is 300 Å². The number of hydrogen-bond acceptors (Lipinski definition) is 11. The number of primary amides is 1. The first kappa shape index (κ1) is 46.9. The van der Waals surface area contributed by atoms with Gasteiger partial charge in [-0.15, -0.1) is 0 Å². The Bertz CT molecular complexity index is 1850. The molecule has 0 fully saturated rings. The lowest BCUT2D eigenvalue weighted by molar-refractivity contribution is -0.134. The van der Waals surface area contributed by atoms with Gasteiger partial charge in [-0.3, -0.25) is 39.4 Å². The summed E-state index contributed by atoms with van der Waals surface area (Å²) in [5.74, 6) is 1.28. The number of carbonyl (C=O) groups excluding carboxylic acids is 7. The van der Waals surface area contributed by atoms with Crippen molar-refractivity contribution in [3.05, 3.63) is 54.2 Å². The van der Waals surface area contributed by atoms with E-state index in [2.05, 4.69) is 52.3 Å². The molecule has 19 nitrogen and oxygen atoms in total. The Morgan fingerprint density at radius 2 is 1.45 bits per heavy atom. The van der Waals surface area contributed by atoms with Crippen LogP contribution in [0.1, 0.15) is 58.7 Å². The van der Waals surface area contributed by atoms with E-state index in [1.54, 1.807) is 20.0 Å². The van der Waals surface area contributed by atoms with Gasteiger partial charge in [0, 0.05) is 41.8 Å². The van der Waals surface area contributed by atoms with Gasteiger partial charge in [-0.1, -0.05) is 45.9 Å². The molecule has 0 unspecified atom stereocenters. The molecule has 2 heterocycles. The number of hydrogen-bond donors (Lipinski definition) is 11. The maximum absolute atomic E-state index is 13.7. The van der Waals surface area contributed by atoms with Crippen molar-refractivity contribution in [3.8, 4) is 0 Å². The number of nitrogens with two attached hydrogens (primary N) is 2. The largest absolute Gasteiger partial charge is 0.368 e. The number of aromatic nitrogens is 3. The molecule has 1 aromatic carbocycles. The average molecular weight is 827 g/mol. The monoisotopic (exact) mass is 826 g/mol. The Balaban J connectivity index is 1.62. The number of nitrogens with zero attached hydrogens (tertiary/aromatic N) is 1. The lowest BCUT2D eigenvalue weighted by Gasteiger charge is -2.26. The fourth-order valence-electron chi connectivity index (χ4n) is 6.06. The summed E-state index contributed by atoms with van der Waals surface area (Å²) in [6.07, 6.45) is 7.29. The number of amides is 7. The minimum absolute atomic E-state index is 0.0320. The zero-order chi connectivity index (χ0) is 42.9. The second kappa shape index (κ2) is 23.1. The molecule has 58 heavy (non-hydrogen) atoms. The molecule has 318 valence electrons. The summed E-state index contributed by atoms with van der Waals surface area (Å²) in [5.41, 5.74) is 10.3. The van der Waals surface area contributed by atoms with Crippen molar-refractivity contribution in [3.63, 3.8) is 0 Å². The molecular weight excluding hydrogens is 769 g/mol. The molecule has 0 saturated carbocycles. The third kappa shape index (κ3) is 14.5. The molecular formula is C38H58N12O7S. The standard InChI is InChI=1S/C38H58N12O7S/c1-20(2)13-28(35(54)47-27(33(39)52)11-12-58-6)48-36(55)29(15-24-17-41-19-44-24)46-31(51)18-43-38(57)32(21(3)4)49-34(53)22(5)45-37(56)30(50-40)14-23-16-42-26-10-8-7-9-25(23)26/h7-10,16-17,19-22,27-30,32,42,50H,11-15,18,40H2,1-6H3,(H2,39,52)(H,41,44)(H,43,57)(H,45,56)(H,46,51)(H,47,54)(H,48,55)(H,49,53)/t22-,27-,28-,29-,30-,32-/m0/s1. The van der Waals surface area contributed by atoms with Gasteiger partial charge in [0.15, 0.2) is 0 Å². The number of aromatic amines is 2. The van der Waals surface area contributed by atoms with Crippen LogP contribution < -0.4 is 48.9 Å². The van der Waals surface area contributed by atoms with Crippen molar-refractivity contribution in [2.45, 2.75) is 96.6 Å². The normalized spacial score (nSPS) is 14.4. The number of benzene rings is 1. The quantitative estimate of drug-likeness (QED) is 0.0385. The zero-order valence-corrected chi connectivity index (χ0v) is 34.6. The molecule has 0 bridgehead atoms. The fraction of sp³-hybridized carbons (Fsp3) is 0.526. The molecule has 0 saturated heterocycles. The van der Waals surface area contributed by atoms with Crippen molar-refractivity contribution < 1.29 is 33.6 Å². The third-order valence-corrected chi connectivity index (χ3v) is 9.92. The smallest absolute Gasteiger partial charge is 0.243 e. The molecule has 3 aromatic rings. The van der Waals surface area contributed by atoms with Gasteiger partial charge in [0.05, 0.1) is 12.9 Å². The lowest BCUT2D eigenvalue weighted by atomic mass is 10.0. The minimum Gasteiger partial charge on any atom is -0.368 e. The number of fused-ring (bicyclic) bond motifs is 1. The van der Waals surface area contributed by atoms with Crippen LogP contribution in [0.3, 0.4) is 0 Å². The third-order valence-electron chi connectivity index (χ3n) is 9.28. The molecule has 0 aliphatic heterocycles. The molecule has 0 aliphatic rings. The number of rotatable bonds is 24. The van der Waals surface area contributed by atoms with E-state index >= 15 is 0 Å². The Hall–Kier alpha value is -5.47. The van der Waals surface area contributed by atoms with E-state index in [1.807, 2.05) is 44.4 Å². The molecule has 6 atom stereocenters. The predicted octanol–water partition coefficient (Wildman–Crippen LogP) is -0.991. The summed E-state index contributed by atoms with van der Waals surface area (Å²) in [6, 6.07) is 1.42. The van der Waals surface area contributed by atoms with E-state index in [4.69, 9.17) is 11.6 Å². The first-order chi connectivity index (χ1) is 27.5. The van der Waals surface area contributed by atoms with Gasteiger partial charge >= 0.3 is 0 Å². The number of thioether (sulfide) groups is 1. The predicted molar refractivity (Wildman–Crippen MR) is 220 cm³/mol. The van der Waals surface area contributed by atoms with Crippen LogP contribution in [0.25, 0.3) is 10.9 Å². The van der Waals surface area contributed by atoms with E-state index in [1.165, 1.54) is 31.2 Å². The van der Waals surface area contributed by atoms with E-state index in [0.29, 0.717) is 17.9 Å². The van der Waals surface area contributed by atoms with Gasteiger partial charge in [-0.25, -0.2) is 10.4 Å². The average Bonchev–Trinajstić information content (AvgIpc) is 3.85. The number of carbonyl (C=O) groups is 7. The van der Waals surface area contributed by atoms with Crippen LogP contribution in [0.4, 0.5) is 0 Å². The van der Waals surface area contributed by atoms with E-state index < -0.39 is 90.1 Å². The summed E-state index contributed by atoms with van der Waals surface area (Å²) in [6.45, 7) is 8.05. The van der Waals surface area contributed by atoms with Gasteiger partial charge in [0.2, 0.25) is 41.4 Å². The maximum atomic E-state index is 13.7. The molecule has 0 aliphatic carbocycles. The van der Waals surface area contributed by atoms with E-state index in [9.17, 15) is 33.6 Å². The lowest BCUT2D eigenvalue weighted by Crippen LogP contribution is -2.59. The van der Waals surface area contributed by atoms with Gasteiger partial charge in [0.1, 0.15) is 36.3 Å². The van der Waals surface area contributed by atoms with E-state index in [0.717, 1.165) is 16.5 Å². The molecule has 0 spiro atoms. The van der Waals surface area contributed by atoms with Gasteiger partial charge in [0.25, 0.3) is 0 Å². The van der Waals surface area contributed by atoms with Crippen molar-refractivity contribution in [2.24, 2.45) is 23.4 Å². The summed E-state index contributed by atoms with van der Waals surface area (Å²) >= 11 is 1.49. The van der Waals surface area contributed by atoms with Crippen LogP contribution in [-0.2, 0) is 46.4 Å². The Labute approximate surface area is 341 Å². The van der Waals surface area contributed by atoms with Crippen LogP contribution in [0.15, 0.2) is 43.0 Å². The maximum Gasteiger partial charge on any atom is 0.243 e. The van der Waals surface area contributed by atoms with Gasteiger partial charge in [-0.05, 0) is 55.2 Å². The molecule has 3 rings (SSSR count). The zero-order valence-electron chi connectivity index (χ0n) is 33.8. The Kier molecular flexibility index (Phi) is 18.7. The molecule has 20 heteroatoms. The highest BCUT2D eigenvalue weighted by Gasteiger charge is 2.32. The second-order valence-corrected chi connectivity index (χ2v) is 15.8. The first-order valence-corrected chi connectivity index (χ1v) is 20.5. The number of nitrogens with one attached hydrogen (secondary N) is 9. The Morgan fingerprint density at radius 1 is 0.776 bits per heavy atom. The van der Waals surface area contributed by atoms with Crippen LogP contribution in [0, 0.1) is 11.8 Å². The van der Waals surface area contributed by atoms with Crippen LogP contribution >= 0.6 is 11.8 Å². The highest BCUT2D eigenvalue weighted by molar-refractivity contribution is 7.98. The highest BCUT2D eigenvalue weighted by atomic mass is 32.2. The molecule has 0 radical (unpaired) electrons. The Morgan fingerprint density at radius 3 is 2.07 bits per heavy atom. The molecule has 13 N–H and O–H groups in total. The van der Waals surface area contributed by atoms with Crippen molar-refractivity contribution >= 4 is 64.0 Å². The SMILES string of the molecule is CSCC[C@H](NC(=O)[C@H](CC(C)C)NC(=O)[C@H](Cc1cnc[nH]1)NC(=O)CNC(=O)[C@@H](NC(=O)[C@H](C)NC(=O)[C@H](Cc1c[nH]c2ccccc12)NN)C(C)C)C(N)=O.